The second-order valence-electron chi connectivity index (χ2n) is 3.88. The molecule has 0 saturated heterocycles. The predicted octanol–water partition coefficient (Wildman–Crippen LogP) is 3.85. The Morgan fingerprint density at radius 2 is 1.94 bits per heavy atom. The molecule has 4 nitrogen and oxygen atoms in total. The van der Waals surface area contributed by atoms with Gasteiger partial charge in [-0.2, -0.15) is 0 Å². The molecule has 0 bridgehead atoms. The van der Waals surface area contributed by atoms with Gasteiger partial charge >= 0.3 is 0 Å². The van der Waals surface area contributed by atoms with Crippen molar-refractivity contribution in [3.05, 3.63) is 58.5 Å². The van der Waals surface area contributed by atoms with Crippen molar-refractivity contribution in [3.8, 4) is 5.75 Å². The van der Waals surface area contributed by atoms with Crippen LogP contribution in [-0.2, 0) is 0 Å². The van der Waals surface area contributed by atoms with Crippen LogP contribution in [0.5, 0.6) is 5.75 Å². The van der Waals surface area contributed by atoms with E-state index in [9.17, 15) is 10.0 Å². The van der Waals surface area contributed by atoms with Crippen molar-refractivity contribution in [2.75, 3.05) is 0 Å². The van der Waals surface area contributed by atoms with E-state index in [4.69, 9.17) is 0 Å². The maximum absolute atomic E-state index is 10.4. The molecular weight excluding hydrogens is 228 g/mol. The minimum Gasteiger partial charge on any atom is -0.507 e. The van der Waals surface area contributed by atoms with Crippen LogP contribution < -0.4 is 0 Å². The molecule has 1 N–H and O–H groups in total. The summed E-state index contributed by atoms with van der Waals surface area (Å²) in [6.07, 6.45) is 1.52. The number of rotatable bonds is 3. The minimum atomic E-state index is 0.0692. The Labute approximate surface area is 105 Å². The summed E-state index contributed by atoms with van der Waals surface area (Å²) < 4.78 is 0. The summed E-state index contributed by atoms with van der Waals surface area (Å²) in [4.78, 5) is 14.7. The van der Waals surface area contributed by atoms with E-state index in [0.717, 1.165) is 11.3 Å². The molecule has 0 radical (unpaired) electrons. The molecule has 0 saturated carbocycles. The third kappa shape index (κ3) is 2.60. The molecule has 2 aromatic carbocycles. The van der Waals surface area contributed by atoms with E-state index < -0.39 is 0 Å². The summed E-state index contributed by atoms with van der Waals surface area (Å²) in [5.41, 5.74) is 2.59. The van der Waals surface area contributed by atoms with E-state index in [1.807, 2.05) is 31.2 Å². The molecule has 0 aromatic heterocycles. The van der Waals surface area contributed by atoms with E-state index in [-0.39, 0.29) is 11.4 Å². The number of phenols is 1. The Hall–Kier alpha value is -2.49. The van der Waals surface area contributed by atoms with Gasteiger partial charge in [0.2, 0.25) is 0 Å². The van der Waals surface area contributed by atoms with E-state index in [0.29, 0.717) is 5.56 Å². The Morgan fingerprint density at radius 3 is 2.67 bits per heavy atom. The van der Waals surface area contributed by atoms with Crippen LogP contribution in [0.15, 0.2) is 52.6 Å². The number of nitrogens with zero attached hydrogens (tertiary/aromatic N) is 2. The first kappa shape index (κ1) is 12.0. The summed E-state index contributed by atoms with van der Waals surface area (Å²) in [6.45, 7) is 1.95. The predicted molar refractivity (Wildman–Crippen MR) is 72.0 cm³/mol. The second-order valence-corrected chi connectivity index (χ2v) is 3.88. The number of aliphatic imine (C=N–C) groups is 1. The Balaban J connectivity index is 2.34. The largest absolute Gasteiger partial charge is 0.507 e. The third-order valence-corrected chi connectivity index (χ3v) is 2.57. The molecule has 0 unspecified atom stereocenters. The Kier molecular flexibility index (Phi) is 3.48. The highest BCUT2D eigenvalue weighted by Gasteiger charge is 2.01. The molecular formula is C14H12N2O2. The number of aromatic hydroxyl groups is 1. The molecule has 18 heavy (non-hydrogen) atoms. The first-order valence-corrected chi connectivity index (χ1v) is 5.47. The molecule has 0 amide bonds. The van der Waals surface area contributed by atoms with Gasteiger partial charge in [-0.3, -0.25) is 4.99 Å². The molecule has 0 aliphatic rings. The fourth-order valence-corrected chi connectivity index (χ4v) is 1.55. The fraction of sp³-hybridized carbons (Fsp3) is 0.0714. The summed E-state index contributed by atoms with van der Waals surface area (Å²) >= 11 is 0. The highest BCUT2D eigenvalue weighted by Crippen LogP contribution is 2.23. The van der Waals surface area contributed by atoms with E-state index in [1.54, 1.807) is 0 Å². The van der Waals surface area contributed by atoms with Crippen LogP contribution in [-0.4, -0.2) is 11.3 Å². The number of para-hydroxylation sites is 1. The van der Waals surface area contributed by atoms with E-state index in [1.165, 1.54) is 24.4 Å². The zero-order valence-corrected chi connectivity index (χ0v) is 9.87. The summed E-state index contributed by atoms with van der Waals surface area (Å²) in [7, 11) is 0. The number of hydrogen-bond donors (Lipinski definition) is 1. The molecule has 2 aromatic rings. The summed E-state index contributed by atoms with van der Waals surface area (Å²) in [6, 6.07) is 12.0. The third-order valence-electron chi connectivity index (χ3n) is 2.57. The smallest absolute Gasteiger partial charge is 0.124 e. The zero-order valence-electron chi connectivity index (χ0n) is 9.87. The number of phenolic OH excluding ortho intramolecular Hbond substituents is 1. The van der Waals surface area contributed by atoms with Gasteiger partial charge in [-0.1, -0.05) is 18.2 Å². The molecule has 0 heterocycles. The van der Waals surface area contributed by atoms with Gasteiger partial charge in [-0.25, -0.2) is 0 Å². The normalized spacial score (nSPS) is 10.7. The summed E-state index contributed by atoms with van der Waals surface area (Å²) in [5, 5.41) is 12.5. The number of aryl methyl sites for hydroxylation is 1. The SMILES string of the molecule is Cc1ccccc1N=Cc1cc(N=O)ccc1O. The topological polar surface area (TPSA) is 62.0 Å². The fourth-order valence-electron chi connectivity index (χ4n) is 1.55. The van der Waals surface area contributed by atoms with Gasteiger partial charge in [0.15, 0.2) is 0 Å². The maximum atomic E-state index is 10.4. The van der Waals surface area contributed by atoms with Crippen LogP contribution in [0.1, 0.15) is 11.1 Å². The van der Waals surface area contributed by atoms with Crippen LogP contribution in [0, 0.1) is 11.8 Å². The average Bonchev–Trinajstić information content (AvgIpc) is 2.39. The molecule has 4 heteroatoms. The zero-order chi connectivity index (χ0) is 13.0. The van der Waals surface area contributed by atoms with Crippen molar-refractivity contribution in [2.45, 2.75) is 6.92 Å². The number of nitroso groups, excluding NO2 is 1. The van der Waals surface area contributed by atoms with Crippen molar-refractivity contribution in [2.24, 2.45) is 10.2 Å². The molecule has 2 rings (SSSR count). The van der Waals surface area contributed by atoms with Crippen molar-refractivity contribution >= 4 is 17.6 Å². The van der Waals surface area contributed by atoms with Crippen molar-refractivity contribution in [1.82, 2.24) is 0 Å². The minimum absolute atomic E-state index is 0.0692. The lowest BCUT2D eigenvalue weighted by atomic mass is 10.2. The van der Waals surface area contributed by atoms with Crippen molar-refractivity contribution in [1.29, 1.82) is 0 Å². The highest BCUT2D eigenvalue weighted by molar-refractivity contribution is 5.86. The molecule has 0 aliphatic carbocycles. The van der Waals surface area contributed by atoms with Gasteiger partial charge in [0, 0.05) is 11.8 Å². The molecule has 90 valence electrons. The highest BCUT2D eigenvalue weighted by atomic mass is 16.3. The van der Waals surface area contributed by atoms with Crippen LogP contribution in [0.25, 0.3) is 0 Å². The first-order valence-electron chi connectivity index (χ1n) is 5.47. The maximum Gasteiger partial charge on any atom is 0.124 e. The quantitative estimate of drug-likeness (QED) is 0.654. The lowest BCUT2D eigenvalue weighted by Gasteiger charge is -2.00. The van der Waals surface area contributed by atoms with Gasteiger partial charge in [-0.15, -0.1) is 4.91 Å². The standard InChI is InChI=1S/C14H12N2O2/c1-10-4-2-3-5-13(10)15-9-11-8-12(16-18)6-7-14(11)17/h2-9,17H,1H3. The first-order chi connectivity index (χ1) is 8.70. The lowest BCUT2D eigenvalue weighted by Crippen LogP contribution is -1.82. The summed E-state index contributed by atoms with van der Waals surface area (Å²) in [5.74, 6) is 0.0692. The van der Waals surface area contributed by atoms with Gasteiger partial charge in [0.05, 0.1) is 5.69 Å². The molecule has 0 fully saturated rings. The monoisotopic (exact) mass is 240 g/mol. The molecule has 0 aliphatic heterocycles. The van der Waals surface area contributed by atoms with Crippen LogP contribution in [0.2, 0.25) is 0 Å². The number of benzene rings is 2. The second kappa shape index (κ2) is 5.23. The van der Waals surface area contributed by atoms with Crippen LogP contribution in [0.3, 0.4) is 0 Å². The van der Waals surface area contributed by atoms with Crippen molar-refractivity contribution < 1.29 is 5.11 Å². The van der Waals surface area contributed by atoms with Crippen LogP contribution in [0.4, 0.5) is 11.4 Å². The molecule has 0 spiro atoms. The Morgan fingerprint density at radius 1 is 1.17 bits per heavy atom. The van der Waals surface area contributed by atoms with Gasteiger partial charge < -0.3 is 5.11 Å². The average molecular weight is 240 g/mol. The Bertz CT molecular complexity index is 606. The number of hydrogen-bond acceptors (Lipinski definition) is 4. The molecule has 0 atom stereocenters. The van der Waals surface area contributed by atoms with Crippen molar-refractivity contribution in [3.63, 3.8) is 0 Å². The van der Waals surface area contributed by atoms with E-state index >= 15 is 0 Å². The van der Waals surface area contributed by atoms with Gasteiger partial charge in [-0.05, 0) is 41.9 Å². The van der Waals surface area contributed by atoms with Gasteiger partial charge in [0.25, 0.3) is 0 Å². The van der Waals surface area contributed by atoms with Gasteiger partial charge in [0.1, 0.15) is 11.4 Å². The lowest BCUT2D eigenvalue weighted by molar-refractivity contribution is 0.474. The van der Waals surface area contributed by atoms with E-state index in [2.05, 4.69) is 10.2 Å². The van der Waals surface area contributed by atoms with Crippen LogP contribution >= 0.6 is 0 Å².